The molecule has 1 heterocycles. The molecule has 1 fully saturated rings. The Morgan fingerprint density at radius 2 is 1.97 bits per heavy atom. The molecule has 0 spiro atoms. The van der Waals surface area contributed by atoms with Crippen molar-refractivity contribution in [2.75, 3.05) is 7.11 Å². The highest BCUT2D eigenvalue weighted by molar-refractivity contribution is 9.10. The second kappa shape index (κ2) is 10.7. The van der Waals surface area contributed by atoms with E-state index in [2.05, 4.69) is 26.2 Å². The van der Waals surface area contributed by atoms with Crippen molar-refractivity contribution in [1.29, 1.82) is 0 Å². The predicted octanol–water partition coefficient (Wildman–Crippen LogP) is 5.98. The molecule has 3 aromatic rings. The van der Waals surface area contributed by atoms with E-state index in [1.165, 1.54) is 43.5 Å². The van der Waals surface area contributed by atoms with Gasteiger partial charge in [-0.15, -0.1) is 0 Å². The van der Waals surface area contributed by atoms with Gasteiger partial charge >= 0.3 is 0 Å². The molecule has 1 aliphatic heterocycles. The van der Waals surface area contributed by atoms with Gasteiger partial charge in [0, 0.05) is 12.1 Å². The van der Waals surface area contributed by atoms with Gasteiger partial charge in [-0.3, -0.25) is 14.9 Å². The van der Waals surface area contributed by atoms with Crippen molar-refractivity contribution < 1.29 is 23.6 Å². The molecular formula is C24H17BrFN3O5S. The number of nitrogens with zero attached hydrogens (tertiary/aromatic N) is 2. The fraction of sp³-hybridized carbons (Fsp3) is 0.0833. The number of amides is 1. The summed E-state index contributed by atoms with van der Waals surface area (Å²) >= 11 is 4.63. The number of rotatable bonds is 7. The number of carbonyl (C=O) groups is 1. The van der Waals surface area contributed by atoms with E-state index in [-0.39, 0.29) is 24.0 Å². The molecule has 1 saturated heterocycles. The molecule has 8 nitrogen and oxygen atoms in total. The normalized spacial score (nSPS) is 15.3. The highest BCUT2D eigenvalue weighted by atomic mass is 79.9. The molecule has 3 aromatic carbocycles. The van der Waals surface area contributed by atoms with Crippen LogP contribution in [0.4, 0.5) is 15.8 Å². The van der Waals surface area contributed by atoms with Gasteiger partial charge in [-0.25, -0.2) is 9.38 Å². The number of nitro benzene ring substituents is 1. The number of halogens is 2. The van der Waals surface area contributed by atoms with Crippen LogP contribution < -0.4 is 14.8 Å². The van der Waals surface area contributed by atoms with Crippen LogP contribution in [0.3, 0.4) is 0 Å². The molecular weight excluding hydrogens is 541 g/mol. The third-order valence-electron chi connectivity index (χ3n) is 4.76. The van der Waals surface area contributed by atoms with Gasteiger partial charge in [0.15, 0.2) is 16.7 Å². The Hall–Kier alpha value is -3.70. The lowest BCUT2D eigenvalue weighted by Gasteiger charge is -2.14. The number of nitro groups is 1. The van der Waals surface area contributed by atoms with Crippen LogP contribution in [0.5, 0.6) is 11.5 Å². The van der Waals surface area contributed by atoms with Gasteiger partial charge in [0.2, 0.25) is 0 Å². The van der Waals surface area contributed by atoms with Crippen molar-refractivity contribution in [1.82, 2.24) is 5.32 Å². The zero-order chi connectivity index (χ0) is 24.9. The fourth-order valence-electron chi connectivity index (χ4n) is 3.14. The van der Waals surface area contributed by atoms with Gasteiger partial charge in [0.1, 0.15) is 12.4 Å². The van der Waals surface area contributed by atoms with Gasteiger partial charge in [0.25, 0.3) is 11.6 Å². The molecule has 0 saturated carbocycles. The molecule has 1 aliphatic rings. The second-order valence-corrected chi connectivity index (χ2v) is 9.09. The number of amidine groups is 1. The fourth-order valence-corrected chi connectivity index (χ4v) is 4.56. The lowest BCUT2D eigenvalue weighted by Crippen LogP contribution is -2.19. The van der Waals surface area contributed by atoms with E-state index in [0.29, 0.717) is 42.9 Å². The monoisotopic (exact) mass is 557 g/mol. The first-order valence-corrected chi connectivity index (χ1v) is 11.7. The Balaban J connectivity index is 1.52. The summed E-state index contributed by atoms with van der Waals surface area (Å²) in [6.45, 7) is 0.0958. The predicted molar refractivity (Wildman–Crippen MR) is 135 cm³/mol. The van der Waals surface area contributed by atoms with E-state index in [4.69, 9.17) is 9.47 Å². The SMILES string of the molecule is COc1cc(/C=C2\SC(=Nc3ccc(F)cc3)NC2=O)cc(Br)c1OCc1cccc([N+](=O)[O-])c1. The van der Waals surface area contributed by atoms with Crippen LogP contribution in [0.15, 0.2) is 75.0 Å². The molecule has 1 amide bonds. The van der Waals surface area contributed by atoms with Crippen LogP contribution in [0, 0.1) is 15.9 Å². The summed E-state index contributed by atoms with van der Waals surface area (Å²) in [6.07, 6.45) is 1.69. The van der Waals surface area contributed by atoms with Crippen LogP contribution in [0.2, 0.25) is 0 Å². The van der Waals surface area contributed by atoms with Gasteiger partial charge < -0.3 is 14.8 Å². The van der Waals surface area contributed by atoms with E-state index in [0.717, 1.165) is 11.8 Å². The molecule has 0 bridgehead atoms. The maximum absolute atomic E-state index is 13.1. The van der Waals surface area contributed by atoms with Gasteiger partial charge in [-0.1, -0.05) is 12.1 Å². The highest BCUT2D eigenvalue weighted by Gasteiger charge is 2.24. The van der Waals surface area contributed by atoms with Crippen LogP contribution in [-0.2, 0) is 11.4 Å². The molecule has 0 unspecified atom stereocenters. The average Bonchev–Trinajstić information content (AvgIpc) is 3.17. The van der Waals surface area contributed by atoms with Crippen LogP contribution in [-0.4, -0.2) is 23.1 Å². The number of methoxy groups -OCH3 is 1. The first kappa shape index (κ1) is 24.4. The molecule has 178 valence electrons. The molecule has 4 rings (SSSR count). The number of hydrogen-bond acceptors (Lipinski definition) is 7. The minimum atomic E-state index is -0.463. The topological polar surface area (TPSA) is 103 Å². The van der Waals surface area contributed by atoms with Gasteiger partial charge in [-0.05, 0) is 81.3 Å². The first-order chi connectivity index (χ1) is 16.8. The van der Waals surface area contributed by atoms with Crippen LogP contribution in [0.25, 0.3) is 6.08 Å². The van der Waals surface area contributed by atoms with E-state index < -0.39 is 4.92 Å². The van der Waals surface area contributed by atoms with E-state index in [1.54, 1.807) is 30.3 Å². The van der Waals surface area contributed by atoms with Gasteiger partial charge in [-0.2, -0.15) is 0 Å². The van der Waals surface area contributed by atoms with Crippen LogP contribution >= 0.6 is 27.7 Å². The smallest absolute Gasteiger partial charge is 0.269 e. The second-order valence-electron chi connectivity index (χ2n) is 7.21. The summed E-state index contributed by atoms with van der Waals surface area (Å²) in [7, 11) is 1.49. The molecule has 0 aromatic heterocycles. The number of benzene rings is 3. The Morgan fingerprint density at radius 3 is 2.69 bits per heavy atom. The number of thioether (sulfide) groups is 1. The number of aliphatic imine (C=N–C) groups is 1. The quantitative estimate of drug-likeness (QED) is 0.218. The standard InChI is InChI=1S/C24H17BrFN3O5S/c1-33-20-11-15(10-19(25)22(20)34-13-14-3-2-4-18(9-14)29(31)32)12-21-23(30)28-24(35-21)27-17-7-5-16(26)6-8-17/h2-12H,13H2,1H3,(H,27,28,30)/b21-12-. The molecule has 11 heteroatoms. The molecule has 35 heavy (non-hydrogen) atoms. The summed E-state index contributed by atoms with van der Waals surface area (Å²) in [6, 6.07) is 15.3. The number of ether oxygens (including phenoxy) is 2. The summed E-state index contributed by atoms with van der Waals surface area (Å²) in [5.41, 5.74) is 1.81. The average molecular weight is 558 g/mol. The summed E-state index contributed by atoms with van der Waals surface area (Å²) in [5, 5.41) is 14.1. The van der Waals surface area contributed by atoms with Crippen molar-refractivity contribution in [3.05, 3.63) is 97.1 Å². The number of carbonyl (C=O) groups excluding carboxylic acids is 1. The highest BCUT2D eigenvalue weighted by Crippen LogP contribution is 2.39. The summed E-state index contributed by atoms with van der Waals surface area (Å²) < 4.78 is 25.0. The van der Waals surface area contributed by atoms with E-state index >= 15 is 0 Å². The Morgan fingerprint density at radius 1 is 1.20 bits per heavy atom. The summed E-state index contributed by atoms with van der Waals surface area (Å²) in [5.74, 6) is 0.162. The Labute approximate surface area is 212 Å². The maximum atomic E-state index is 13.1. The Bertz CT molecular complexity index is 1360. The number of hydrogen-bond donors (Lipinski definition) is 1. The van der Waals surface area contributed by atoms with Crippen molar-refractivity contribution >= 4 is 56.2 Å². The number of non-ortho nitro benzene ring substituents is 1. The zero-order valence-corrected chi connectivity index (χ0v) is 20.6. The van der Waals surface area contributed by atoms with Crippen molar-refractivity contribution in [2.45, 2.75) is 6.61 Å². The largest absolute Gasteiger partial charge is 0.493 e. The summed E-state index contributed by atoms with van der Waals surface area (Å²) in [4.78, 5) is 27.7. The van der Waals surface area contributed by atoms with Crippen molar-refractivity contribution in [2.24, 2.45) is 4.99 Å². The lowest BCUT2D eigenvalue weighted by molar-refractivity contribution is -0.384. The third kappa shape index (κ3) is 6.06. The first-order valence-electron chi connectivity index (χ1n) is 10.1. The molecule has 0 aliphatic carbocycles. The van der Waals surface area contributed by atoms with Crippen molar-refractivity contribution in [3.8, 4) is 11.5 Å². The number of nitrogens with one attached hydrogen (secondary N) is 1. The van der Waals surface area contributed by atoms with Crippen molar-refractivity contribution in [3.63, 3.8) is 0 Å². The molecule has 1 N–H and O–H groups in total. The molecule has 0 atom stereocenters. The minimum Gasteiger partial charge on any atom is -0.493 e. The van der Waals surface area contributed by atoms with Gasteiger partial charge in [0.05, 0.1) is 27.1 Å². The molecule has 0 radical (unpaired) electrons. The maximum Gasteiger partial charge on any atom is 0.269 e. The van der Waals surface area contributed by atoms with E-state index in [1.807, 2.05) is 0 Å². The van der Waals surface area contributed by atoms with E-state index in [9.17, 15) is 19.3 Å². The zero-order valence-electron chi connectivity index (χ0n) is 18.2. The lowest BCUT2D eigenvalue weighted by atomic mass is 10.1. The van der Waals surface area contributed by atoms with Crippen LogP contribution in [0.1, 0.15) is 11.1 Å². The Kier molecular flexibility index (Phi) is 7.47. The third-order valence-corrected chi connectivity index (χ3v) is 6.26. The minimum absolute atomic E-state index is 0.0196.